The number of hydrogen-bond acceptors (Lipinski definition) is 4. The van der Waals surface area contributed by atoms with Crippen LogP contribution in [0.5, 0.6) is 0 Å². The fourth-order valence-corrected chi connectivity index (χ4v) is 0.453. The molecule has 0 atom stereocenters. The third-order valence-corrected chi connectivity index (χ3v) is 0.800. The second kappa shape index (κ2) is 10.6. The van der Waals surface area contributed by atoms with Crippen LogP contribution in [0.2, 0.25) is 0 Å². The van der Waals surface area contributed by atoms with Crippen LogP contribution in [0.25, 0.3) is 0 Å². The second-order valence-electron chi connectivity index (χ2n) is 1.88. The Balaban J connectivity index is -0.000000159. The molecule has 1 rings (SSSR count). The van der Waals surface area contributed by atoms with Crippen molar-refractivity contribution in [2.24, 2.45) is 0 Å². The Hall–Kier alpha value is 1.13. The summed E-state index contributed by atoms with van der Waals surface area (Å²) in [6.45, 7) is 0. The van der Waals surface area contributed by atoms with E-state index in [-0.39, 0.29) is 59.1 Å². The van der Waals surface area contributed by atoms with Gasteiger partial charge in [-0.2, -0.15) is 0 Å². The van der Waals surface area contributed by atoms with Crippen LogP contribution in [-0.4, -0.2) is 4.89 Å². The molecule has 0 aromatic heterocycles. The summed E-state index contributed by atoms with van der Waals surface area (Å²) in [6, 6.07) is 9.49. The van der Waals surface area contributed by atoms with Crippen LogP contribution < -0.4 is 74.6 Å². The van der Waals surface area contributed by atoms with Crippen molar-refractivity contribution in [3.8, 4) is 0 Å². The summed E-state index contributed by atoms with van der Waals surface area (Å²) in [5.41, 5.74) is 6.18. The van der Waals surface area contributed by atoms with E-state index in [1.54, 1.807) is 0 Å². The molecular weight excluding hydrogens is 227 g/mol. The van der Waals surface area contributed by atoms with Crippen LogP contribution in [0, 0.1) is 0 Å². The van der Waals surface area contributed by atoms with Crippen molar-refractivity contribution in [1.29, 1.82) is 0 Å². The average Bonchev–Trinajstić information content (AvgIpc) is 1.85. The molecular formula is C6H8NNa2O4P. The molecule has 68 valence electrons. The molecule has 14 heavy (non-hydrogen) atoms. The van der Waals surface area contributed by atoms with Gasteiger partial charge in [0, 0.05) is 5.69 Å². The van der Waals surface area contributed by atoms with Gasteiger partial charge in [0.2, 0.25) is 0 Å². The van der Waals surface area contributed by atoms with E-state index in [1.165, 1.54) is 0 Å². The Morgan fingerprint density at radius 3 is 1.57 bits per heavy atom. The summed E-state index contributed by atoms with van der Waals surface area (Å²) in [5, 5.41) is 0. The number of rotatable bonds is 0. The van der Waals surface area contributed by atoms with Crippen LogP contribution in [0.3, 0.4) is 0 Å². The molecule has 3 N–H and O–H groups in total. The van der Waals surface area contributed by atoms with Crippen LogP contribution in [-0.2, 0) is 4.57 Å². The first kappa shape index (κ1) is 20.5. The van der Waals surface area contributed by atoms with Crippen molar-refractivity contribution in [3.05, 3.63) is 30.3 Å². The van der Waals surface area contributed by atoms with Gasteiger partial charge in [0.1, 0.15) is 0 Å². The Kier molecular flexibility index (Phi) is 15.6. The van der Waals surface area contributed by atoms with Gasteiger partial charge < -0.3 is 25.0 Å². The van der Waals surface area contributed by atoms with Crippen molar-refractivity contribution >= 4 is 13.5 Å². The SMILES string of the molecule is Nc1ccccc1.O=P([O-])([O-])O.[Na+].[Na+]. The molecule has 0 radical (unpaired) electrons. The van der Waals surface area contributed by atoms with E-state index in [2.05, 4.69) is 0 Å². The molecule has 0 fully saturated rings. The number of phosphoric acid groups is 1. The zero-order valence-corrected chi connectivity index (χ0v) is 13.0. The topological polar surface area (TPSA) is 109 Å². The molecule has 0 saturated carbocycles. The summed E-state index contributed by atoms with van der Waals surface area (Å²) >= 11 is 0. The summed E-state index contributed by atoms with van der Waals surface area (Å²) in [4.78, 5) is 24.3. The van der Waals surface area contributed by atoms with Crippen LogP contribution in [0.4, 0.5) is 5.69 Å². The van der Waals surface area contributed by atoms with Crippen molar-refractivity contribution in [2.45, 2.75) is 0 Å². The maximum atomic E-state index is 8.66. The predicted octanol–water partition coefficient (Wildman–Crippen LogP) is -6.92. The minimum atomic E-state index is -5.14. The summed E-state index contributed by atoms with van der Waals surface area (Å²) < 4.78 is 8.66. The van der Waals surface area contributed by atoms with Crippen molar-refractivity contribution < 1.29 is 78.4 Å². The number of anilines is 1. The van der Waals surface area contributed by atoms with Crippen LogP contribution >= 0.6 is 7.82 Å². The minimum Gasteiger partial charge on any atom is -0.790 e. The fourth-order valence-electron chi connectivity index (χ4n) is 0.453. The molecule has 1 aromatic carbocycles. The molecule has 0 heterocycles. The van der Waals surface area contributed by atoms with Gasteiger partial charge in [-0.05, 0) is 12.1 Å². The van der Waals surface area contributed by atoms with Crippen LogP contribution in [0.15, 0.2) is 30.3 Å². The van der Waals surface area contributed by atoms with Gasteiger partial charge in [-0.25, -0.2) is 0 Å². The second-order valence-corrected chi connectivity index (χ2v) is 2.82. The molecule has 0 amide bonds. The average molecular weight is 235 g/mol. The number of hydrogen-bond donors (Lipinski definition) is 2. The molecule has 0 bridgehead atoms. The molecule has 0 unspecified atom stereocenters. The smallest absolute Gasteiger partial charge is 0.790 e. The molecule has 0 spiro atoms. The Morgan fingerprint density at radius 2 is 1.43 bits per heavy atom. The first-order valence-electron chi connectivity index (χ1n) is 2.95. The first-order valence-corrected chi connectivity index (χ1v) is 4.44. The molecule has 8 heteroatoms. The Labute approximate surface area is 127 Å². The molecule has 0 aliphatic heterocycles. The summed E-state index contributed by atoms with van der Waals surface area (Å²) in [5.74, 6) is 0. The zero-order chi connectivity index (χ0) is 9.61. The zero-order valence-electron chi connectivity index (χ0n) is 8.08. The van der Waals surface area contributed by atoms with Crippen LogP contribution in [0.1, 0.15) is 0 Å². The van der Waals surface area contributed by atoms with Gasteiger partial charge in [0.15, 0.2) is 0 Å². The first-order chi connectivity index (χ1) is 5.39. The molecule has 5 nitrogen and oxygen atoms in total. The van der Waals surface area contributed by atoms with E-state index in [4.69, 9.17) is 25.0 Å². The van der Waals surface area contributed by atoms with Gasteiger partial charge in [-0.15, -0.1) is 0 Å². The van der Waals surface area contributed by atoms with E-state index >= 15 is 0 Å². The van der Waals surface area contributed by atoms with Crippen molar-refractivity contribution in [1.82, 2.24) is 0 Å². The molecule has 0 aliphatic carbocycles. The standard InChI is InChI=1S/C6H7N.2Na.H3O4P/c7-6-4-2-1-3-5-6;;;1-5(2,3)4/h1-5H,7H2;;;(H3,1,2,3,4)/q;2*+1;/p-2. The summed E-state index contributed by atoms with van der Waals surface area (Å²) in [7, 11) is -5.14. The van der Waals surface area contributed by atoms with Crippen molar-refractivity contribution in [3.63, 3.8) is 0 Å². The largest absolute Gasteiger partial charge is 1.00 e. The normalized spacial score (nSPS) is 8.50. The quantitative estimate of drug-likeness (QED) is 0.264. The third kappa shape index (κ3) is 23.2. The van der Waals surface area contributed by atoms with Gasteiger partial charge in [-0.3, -0.25) is 0 Å². The van der Waals surface area contributed by atoms with Crippen molar-refractivity contribution in [2.75, 3.05) is 5.73 Å². The monoisotopic (exact) mass is 235 g/mol. The van der Waals surface area contributed by atoms with Gasteiger partial charge >= 0.3 is 59.1 Å². The van der Waals surface area contributed by atoms with Gasteiger partial charge in [0.25, 0.3) is 0 Å². The van der Waals surface area contributed by atoms with Gasteiger partial charge in [-0.1, -0.05) is 18.2 Å². The number of nitrogen functional groups attached to an aromatic ring is 1. The Morgan fingerprint density at radius 1 is 1.14 bits per heavy atom. The number of para-hydroxylation sites is 1. The maximum absolute atomic E-state index is 8.66. The summed E-state index contributed by atoms with van der Waals surface area (Å²) in [6.07, 6.45) is 0. The van der Waals surface area contributed by atoms with E-state index in [9.17, 15) is 0 Å². The van der Waals surface area contributed by atoms with E-state index < -0.39 is 7.82 Å². The number of nitrogens with two attached hydrogens (primary N) is 1. The Bertz CT molecular complexity index is 258. The molecule has 1 aromatic rings. The molecule has 0 saturated heterocycles. The third-order valence-electron chi connectivity index (χ3n) is 0.800. The van der Waals surface area contributed by atoms with Gasteiger partial charge in [0.05, 0.1) is 7.82 Å². The fraction of sp³-hybridized carbons (Fsp3) is 0. The van der Waals surface area contributed by atoms with E-state index in [1.807, 2.05) is 30.3 Å². The van der Waals surface area contributed by atoms with E-state index in [0.717, 1.165) is 5.69 Å². The molecule has 0 aliphatic rings. The predicted molar refractivity (Wildman–Crippen MR) is 40.7 cm³/mol. The minimum absolute atomic E-state index is 0. The van der Waals surface area contributed by atoms with E-state index in [0.29, 0.717) is 0 Å². The maximum Gasteiger partial charge on any atom is 1.00 e. The number of benzene rings is 1.